The highest BCUT2D eigenvalue weighted by molar-refractivity contribution is 7.99. The minimum absolute atomic E-state index is 0.630. The van der Waals surface area contributed by atoms with Crippen molar-refractivity contribution in [3.8, 4) is 0 Å². The second kappa shape index (κ2) is 7.29. The summed E-state index contributed by atoms with van der Waals surface area (Å²) in [5, 5.41) is 13.9. The molecule has 2 saturated carbocycles. The van der Waals surface area contributed by atoms with Crippen LogP contribution >= 0.6 is 23.1 Å². The van der Waals surface area contributed by atoms with Crippen molar-refractivity contribution in [2.45, 2.75) is 61.3 Å². The van der Waals surface area contributed by atoms with Gasteiger partial charge < -0.3 is 5.32 Å². The number of nitrogens with one attached hydrogen (secondary N) is 2. The van der Waals surface area contributed by atoms with Crippen LogP contribution in [0, 0.1) is 0 Å². The zero-order valence-electron chi connectivity index (χ0n) is 16.1. The molecule has 29 heavy (non-hydrogen) atoms. The number of thioether (sulfide) groups is 1. The standard InChI is InChI=1S/C22H23N5S2/c1-2-6-14(7-3-1)28-22-24-19-15-8-4-5-9-17(15)29-20(19)21(25-22)23-18-12-16(26-27-18)13-10-11-13/h4-5,8-9,12-14H,1-3,6-7,10-11H2,(H2,23,24,25,26,27). The largest absolute Gasteiger partial charge is 0.322 e. The Balaban J connectivity index is 1.41. The van der Waals surface area contributed by atoms with Crippen molar-refractivity contribution >= 4 is 55.0 Å². The smallest absolute Gasteiger partial charge is 0.190 e. The summed E-state index contributed by atoms with van der Waals surface area (Å²) in [4.78, 5) is 9.95. The molecule has 1 aromatic carbocycles. The molecule has 4 aromatic rings. The van der Waals surface area contributed by atoms with Gasteiger partial charge in [-0.2, -0.15) is 5.10 Å². The molecular weight excluding hydrogens is 398 g/mol. The van der Waals surface area contributed by atoms with E-state index in [1.54, 1.807) is 11.3 Å². The summed E-state index contributed by atoms with van der Waals surface area (Å²) in [5.41, 5.74) is 2.28. The Morgan fingerprint density at radius 2 is 1.90 bits per heavy atom. The lowest BCUT2D eigenvalue weighted by atomic mass is 10.0. The second-order valence-corrected chi connectivity index (χ2v) is 10.4. The average Bonchev–Trinajstić information content (AvgIpc) is 3.38. The maximum absolute atomic E-state index is 5.00. The number of thiophene rings is 1. The number of benzene rings is 1. The number of nitrogens with zero attached hydrogens (tertiary/aromatic N) is 3. The Morgan fingerprint density at radius 1 is 1.03 bits per heavy atom. The summed E-state index contributed by atoms with van der Waals surface area (Å²) in [7, 11) is 0. The number of aromatic nitrogens is 4. The van der Waals surface area contributed by atoms with Crippen LogP contribution in [-0.2, 0) is 0 Å². The fourth-order valence-electron chi connectivity index (χ4n) is 4.17. The Labute approximate surface area is 177 Å². The van der Waals surface area contributed by atoms with E-state index in [0.29, 0.717) is 11.2 Å². The topological polar surface area (TPSA) is 66.5 Å². The minimum atomic E-state index is 0.630. The third kappa shape index (κ3) is 3.51. The van der Waals surface area contributed by atoms with Crippen LogP contribution in [0.15, 0.2) is 35.5 Å². The molecule has 0 bridgehead atoms. The molecule has 0 unspecified atom stereocenters. The Bertz CT molecular complexity index is 1170. The van der Waals surface area contributed by atoms with Gasteiger partial charge in [0.15, 0.2) is 16.8 Å². The zero-order valence-corrected chi connectivity index (χ0v) is 17.8. The molecular formula is C22H23N5S2. The molecule has 7 heteroatoms. The van der Waals surface area contributed by atoms with Crippen LogP contribution in [0.5, 0.6) is 0 Å². The molecule has 5 nitrogen and oxygen atoms in total. The zero-order chi connectivity index (χ0) is 19.2. The van der Waals surface area contributed by atoms with E-state index in [0.717, 1.165) is 27.0 Å². The lowest BCUT2D eigenvalue weighted by molar-refractivity contribution is 0.515. The Morgan fingerprint density at radius 3 is 2.76 bits per heavy atom. The number of anilines is 2. The first-order chi connectivity index (χ1) is 14.3. The number of aromatic amines is 1. The van der Waals surface area contributed by atoms with E-state index in [1.807, 2.05) is 11.8 Å². The first-order valence-corrected chi connectivity index (χ1v) is 12.2. The summed E-state index contributed by atoms with van der Waals surface area (Å²) in [5.74, 6) is 2.38. The van der Waals surface area contributed by atoms with E-state index >= 15 is 0 Å². The molecule has 0 aliphatic heterocycles. The molecule has 0 radical (unpaired) electrons. The number of H-pyrrole nitrogens is 1. The maximum Gasteiger partial charge on any atom is 0.190 e. The van der Waals surface area contributed by atoms with Gasteiger partial charge in [-0.3, -0.25) is 5.10 Å². The monoisotopic (exact) mass is 421 g/mol. The Hall–Kier alpha value is -2.12. The highest BCUT2D eigenvalue weighted by Gasteiger charge is 2.26. The van der Waals surface area contributed by atoms with Crippen molar-refractivity contribution in [2.75, 3.05) is 5.32 Å². The second-order valence-electron chi connectivity index (χ2n) is 8.12. The first kappa shape index (κ1) is 17.7. The van der Waals surface area contributed by atoms with Gasteiger partial charge in [0.05, 0.1) is 10.2 Å². The van der Waals surface area contributed by atoms with Gasteiger partial charge in [-0.1, -0.05) is 49.2 Å². The van der Waals surface area contributed by atoms with Crippen LogP contribution in [0.1, 0.15) is 56.6 Å². The van der Waals surface area contributed by atoms with Crippen LogP contribution in [-0.4, -0.2) is 25.4 Å². The molecule has 0 saturated heterocycles. The lowest BCUT2D eigenvalue weighted by Gasteiger charge is -2.20. The molecule has 0 spiro atoms. The highest BCUT2D eigenvalue weighted by atomic mass is 32.2. The first-order valence-electron chi connectivity index (χ1n) is 10.5. The van der Waals surface area contributed by atoms with Gasteiger partial charge in [-0.05, 0) is 31.7 Å². The number of hydrogen-bond donors (Lipinski definition) is 2. The molecule has 2 fully saturated rings. The van der Waals surface area contributed by atoms with Gasteiger partial charge in [0.1, 0.15) is 0 Å². The van der Waals surface area contributed by atoms with E-state index in [2.05, 4.69) is 45.8 Å². The summed E-state index contributed by atoms with van der Waals surface area (Å²) in [6.45, 7) is 0. The minimum Gasteiger partial charge on any atom is -0.322 e. The van der Waals surface area contributed by atoms with Crippen molar-refractivity contribution in [3.63, 3.8) is 0 Å². The summed E-state index contributed by atoms with van der Waals surface area (Å²) in [6.07, 6.45) is 9.07. The fourth-order valence-corrected chi connectivity index (χ4v) is 6.41. The van der Waals surface area contributed by atoms with E-state index in [4.69, 9.17) is 9.97 Å². The molecule has 2 aliphatic rings. The predicted molar refractivity (Wildman–Crippen MR) is 121 cm³/mol. The van der Waals surface area contributed by atoms with Crippen LogP contribution in [0.2, 0.25) is 0 Å². The molecule has 0 amide bonds. The van der Waals surface area contributed by atoms with Crippen molar-refractivity contribution in [3.05, 3.63) is 36.0 Å². The molecule has 148 valence electrons. The summed E-state index contributed by atoms with van der Waals surface area (Å²) >= 11 is 3.60. The van der Waals surface area contributed by atoms with E-state index in [1.165, 1.54) is 60.7 Å². The van der Waals surface area contributed by atoms with Crippen molar-refractivity contribution in [1.82, 2.24) is 20.2 Å². The SMILES string of the molecule is c1ccc2c(c1)sc1c(Nc3cc(C4CC4)[nH]n3)nc(SC3CCCCC3)nc12. The quantitative estimate of drug-likeness (QED) is 0.355. The fraction of sp³-hybridized carbons (Fsp3) is 0.409. The number of fused-ring (bicyclic) bond motifs is 3. The van der Waals surface area contributed by atoms with Gasteiger partial charge in [-0.15, -0.1) is 11.3 Å². The van der Waals surface area contributed by atoms with Gasteiger partial charge in [-0.25, -0.2) is 9.97 Å². The Kier molecular flexibility index (Phi) is 4.45. The molecule has 3 aromatic heterocycles. The molecule has 2 aliphatic carbocycles. The van der Waals surface area contributed by atoms with Gasteiger partial charge in [0, 0.05) is 33.0 Å². The van der Waals surface area contributed by atoms with Crippen LogP contribution in [0.25, 0.3) is 20.3 Å². The third-order valence-electron chi connectivity index (χ3n) is 5.88. The van der Waals surface area contributed by atoms with Gasteiger partial charge in [0.25, 0.3) is 0 Å². The van der Waals surface area contributed by atoms with E-state index in [9.17, 15) is 0 Å². The number of hydrogen-bond acceptors (Lipinski definition) is 6. The molecule has 3 heterocycles. The molecule has 6 rings (SSSR count). The molecule has 2 N–H and O–H groups in total. The summed E-state index contributed by atoms with van der Waals surface area (Å²) in [6, 6.07) is 10.6. The van der Waals surface area contributed by atoms with E-state index in [-0.39, 0.29) is 0 Å². The normalized spacial score (nSPS) is 17.9. The van der Waals surface area contributed by atoms with Crippen molar-refractivity contribution in [2.24, 2.45) is 0 Å². The lowest BCUT2D eigenvalue weighted by Crippen LogP contribution is -2.09. The maximum atomic E-state index is 5.00. The van der Waals surface area contributed by atoms with Crippen LogP contribution in [0.4, 0.5) is 11.6 Å². The van der Waals surface area contributed by atoms with Gasteiger partial charge >= 0.3 is 0 Å². The van der Waals surface area contributed by atoms with Crippen molar-refractivity contribution < 1.29 is 0 Å². The van der Waals surface area contributed by atoms with E-state index < -0.39 is 0 Å². The van der Waals surface area contributed by atoms with Gasteiger partial charge in [0.2, 0.25) is 0 Å². The highest BCUT2D eigenvalue weighted by Crippen LogP contribution is 2.42. The number of rotatable bonds is 5. The average molecular weight is 422 g/mol. The predicted octanol–water partition coefficient (Wildman–Crippen LogP) is 6.61. The van der Waals surface area contributed by atoms with Crippen LogP contribution < -0.4 is 5.32 Å². The molecule has 0 atom stereocenters. The summed E-state index contributed by atoms with van der Waals surface area (Å²) < 4.78 is 2.36. The third-order valence-corrected chi connectivity index (χ3v) is 8.25. The van der Waals surface area contributed by atoms with Crippen LogP contribution in [0.3, 0.4) is 0 Å². The van der Waals surface area contributed by atoms with Crippen molar-refractivity contribution in [1.29, 1.82) is 0 Å².